The van der Waals surface area contributed by atoms with Gasteiger partial charge in [-0.3, -0.25) is 0 Å². The Bertz CT molecular complexity index is 389. The summed E-state index contributed by atoms with van der Waals surface area (Å²) in [5, 5.41) is -0.239. The Hall–Kier alpha value is -0.790. The van der Waals surface area contributed by atoms with Crippen LogP contribution in [0.2, 0.25) is 0 Å². The van der Waals surface area contributed by atoms with Crippen molar-refractivity contribution < 1.29 is 26.3 Å². The van der Waals surface area contributed by atoms with E-state index in [9.17, 15) is 26.3 Å². The molecule has 0 aromatic carbocycles. The van der Waals surface area contributed by atoms with E-state index in [-0.39, 0.29) is 11.4 Å². The summed E-state index contributed by atoms with van der Waals surface area (Å²) in [5.74, 6) is -1.27. The first-order chi connectivity index (χ1) is 7.27. The van der Waals surface area contributed by atoms with E-state index in [4.69, 9.17) is 0 Å². The second kappa shape index (κ2) is 4.60. The Balaban J connectivity index is 3.42. The molecule has 0 N–H and O–H groups in total. The Kier molecular flexibility index (Phi) is 3.82. The Morgan fingerprint density at radius 1 is 1.31 bits per heavy atom. The van der Waals surface area contributed by atoms with Gasteiger partial charge < -0.3 is 0 Å². The van der Waals surface area contributed by atoms with Crippen molar-refractivity contribution in [3.8, 4) is 0 Å². The molecule has 0 unspecified atom stereocenters. The molecule has 0 radical (unpaired) electrons. The van der Waals surface area contributed by atoms with Gasteiger partial charge in [-0.15, -0.1) is 0 Å². The summed E-state index contributed by atoms with van der Waals surface area (Å²) in [6, 6.07) is 0.0328. The molecular formula is C8H4BrF6N. The largest absolute Gasteiger partial charge is 0.418 e. The van der Waals surface area contributed by atoms with Crippen LogP contribution in [0.5, 0.6) is 0 Å². The van der Waals surface area contributed by atoms with Crippen molar-refractivity contribution in [2.24, 2.45) is 0 Å². The summed E-state index contributed by atoms with van der Waals surface area (Å²) in [7, 11) is 0. The first kappa shape index (κ1) is 13.3. The van der Waals surface area contributed by atoms with E-state index in [2.05, 4.69) is 20.9 Å². The quantitative estimate of drug-likeness (QED) is 0.593. The lowest BCUT2D eigenvalue weighted by molar-refractivity contribution is -0.140. The average Bonchev–Trinajstić information content (AvgIpc) is 2.15. The molecule has 1 rings (SSSR count). The minimum Gasteiger partial charge on any atom is -0.247 e. The van der Waals surface area contributed by atoms with Crippen LogP contribution in [0.1, 0.15) is 23.4 Å². The van der Waals surface area contributed by atoms with Gasteiger partial charge in [-0.2, -0.15) is 13.2 Å². The van der Waals surface area contributed by atoms with Crippen molar-refractivity contribution in [1.82, 2.24) is 4.98 Å². The highest BCUT2D eigenvalue weighted by Gasteiger charge is 2.37. The highest BCUT2D eigenvalue weighted by Crippen LogP contribution is 2.36. The molecule has 0 aliphatic rings. The van der Waals surface area contributed by atoms with Crippen molar-refractivity contribution in [2.75, 3.05) is 0 Å². The van der Waals surface area contributed by atoms with Gasteiger partial charge >= 0.3 is 6.18 Å². The topological polar surface area (TPSA) is 12.9 Å². The Morgan fingerprint density at radius 3 is 2.25 bits per heavy atom. The van der Waals surface area contributed by atoms with E-state index in [0.717, 1.165) is 0 Å². The molecule has 16 heavy (non-hydrogen) atoms. The number of halogens is 7. The number of pyridine rings is 1. The molecule has 1 aromatic rings. The van der Waals surface area contributed by atoms with E-state index in [0.29, 0.717) is 0 Å². The van der Waals surface area contributed by atoms with Gasteiger partial charge in [0.05, 0.1) is 11.3 Å². The number of hydrogen-bond acceptors (Lipinski definition) is 1. The fourth-order valence-corrected chi connectivity index (χ4v) is 1.42. The molecule has 8 heteroatoms. The fourth-order valence-electron chi connectivity index (χ4n) is 1.03. The van der Waals surface area contributed by atoms with Crippen molar-refractivity contribution >= 4 is 15.9 Å². The first-order valence-corrected chi connectivity index (χ1v) is 5.00. The van der Waals surface area contributed by atoms with Crippen LogP contribution in [-0.2, 0) is 11.5 Å². The third-order valence-electron chi connectivity index (χ3n) is 1.72. The third kappa shape index (κ3) is 2.66. The van der Waals surface area contributed by atoms with E-state index >= 15 is 0 Å². The lowest BCUT2D eigenvalue weighted by Crippen LogP contribution is -2.13. The molecule has 1 nitrogen and oxygen atoms in total. The Labute approximate surface area is 94.6 Å². The molecule has 0 atom stereocenters. The van der Waals surface area contributed by atoms with Crippen molar-refractivity contribution in [3.05, 3.63) is 28.8 Å². The van der Waals surface area contributed by atoms with Gasteiger partial charge in [0, 0.05) is 5.33 Å². The zero-order valence-corrected chi connectivity index (χ0v) is 9.04. The lowest BCUT2D eigenvalue weighted by Gasteiger charge is -2.12. The zero-order valence-electron chi connectivity index (χ0n) is 7.45. The van der Waals surface area contributed by atoms with Crippen molar-refractivity contribution in [1.29, 1.82) is 0 Å². The molecule has 0 aliphatic heterocycles. The zero-order chi connectivity index (χ0) is 12.5. The highest BCUT2D eigenvalue weighted by atomic mass is 79.9. The smallest absolute Gasteiger partial charge is 0.247 e. The van der Waals surface area contributed by atoms with Crippen LogP contribution >= 0.6 is 15.9 Å². The summed E-state index contributed by atoms with van der Waals surface area (Å²) in [6.45, 7) is 0. The minimum absolute atomic E-state index is 0.0328. The van der Waals surface area contributed by atoms with Crippen molar-refractivity contribution in [3.63, 3.8) is 0 Å². The van der Waals surface area contributed by atoms with Gasteiger partial charge in [-0.05, 0) is 6.07 Å². The standard InChI is InChI=1S/C8H4BrF6N/c9-2-5-4(10)1-3(8(13,14)15)6(16-5)7(11)12/h1,7H,2H2. The molecule has 0 spiro atoms. The second-order valence-electron chi connectivity index (χ2n) is 2.78. The number of aromatic nitrogens is 1. The summed E-state index contributed by atoms with van der Waals surface area (Å²) in [4.78, 5) is 2.96. The first-order valence-electron chi connectivity index (χ1n) is 3.88. The van der Waals surface area contributed by atoms with Gasteiger partial charge in [-0.25, -0.2) is 18.2 Å². The van der Waals surface area contributed by atoms with Gasteiger partial charge in [0.1, 0.15) is 11.5 Å². The minimum atomic E-state index is -5.05. The van der Waals surface area contributed by atoms with Crippen LogP contribution in [0.15, 0.2) is 6.07 Å². The second-order valence-corrected chi connectivity index (χ2v) is 3.34. The highest BCUT2D eigenvalue weighted by molar-refractivity contribution is 9.08. The Morgan fingerprint density at radius 2 is 1.88 bits per heavy atom. The van der Waals surface area contributed by atoms with E-state index in [1.807, 2.05) is 0 Å². The summed E-state index contributed by atoms with van der Waals surface area (Å²) in [6.07, 6.45) is -8.46. The van der Waals surface area contributed by atoms with E-state index in [1.165, 1.54) is 0 Å². The number of alkyl halides is 6. The third-order valence-corrected chi connectivity index (χ3v) is 2.25. The van der Waals surface area contributed by atoms with Crippen molar-refractivity contribution in [2.45, 2.75) is 17.9 Å². The number of rotatable bonds is 2. The van der Waals surface area contributed by atoms with Crippen LogP contribution in [-0.4, -0.2) is 4.98 Å². The molecule has 0 aliphatic carbocycles. The van der Waals surface area contributed by atoms with Crippen LogP contribution in [0.4, 0.5) is 26.3 Å². The van der Waals surface area contributed by atoms with Gasteiger partial charge in [0.2, 0.25) is 0 Å². The maximum absolute atomic E-state index is 13.0. The molecule has 0 saturated carbocycles. The molecule has 0 fully saturated rings. The molecule has 90 valence electrons. The van der Waals surface area contributed by atoms with Crippen LogP contribution in [0.3, 0.4) is 0 Å². The fraction of sp³-hybridized carbons (Fsp3) is 0.375. The van der Waals surface area contributed by atoms with Gasteiger partial charge in [0.25, 0.3) is 6.43 Å². The maximum Gasteiger partial charge on any atom is 0.418 e. The predicted molar refractivity (Wildman–Crippen MR) is 46.8 cm³/mol. The van der Waals surface area contributed by atoms with Crippen LogP contribution in [0, 0.1) is 5.82 Å². The molecule has 1 heterocycles. The van der Waals surface area contributed by atoms with E-state index < -0.39 is 35.4 Å². The van der Waals surface area contributed by atoms with E-state index in [1.54, 1.807) is 0 Å². The summed E-state index contributed by atoms with van der Waals surface area (Å²) < 4.78 is 74.4. The maximum atomic E-state index is 13.0. The lowest BCUT2D eigenvalue weighted by atomic mass is 10.1. The number of hydrogen-bond donors (Lipinski definition) is 0. The van der Waals surface area contributed by atoms with Crippen LogP contribution < -0.4 is 0 Å². The molecular weight excluding hydrogens is 304 g/mol. The van der Waals surface area contributed by atoms with Gasteiger partial charge in [0.15, 0.2) is 0 Å². The monoisotopic (exact) mass is 307 g/mol. The average molecular weight is 308 g/mol. The molecule has 0 amide bonds. The SMILES string of the molecule is Fc1cc(C(F)(F)F)c(C(F)F)nc1CBr. The summed E-state index contributed by atoms with van der Waals surface area (Å²) in [5.41, 5.74) is -3.68. The molecule has 0 bridgehead atoms. The van der Waals surface area contributed by atoms with Gasteiger partial charge in [-0.1, -0.05) is 15.9 Å². The number of nitrogens with zero attached hydrogens (tertiary/aromatic N) is 1. The normalized spacial score (nSPS) is 12.2. The van der Waals surface area contributed by atoms with Crippen LogP contribution in [0.25, 0.3) is 0 Å². The summed E-state index contributed by atoms with van der Waals surface area (Å²) >= 11 is 2.74. The molecule has 1 aromatic heterocycles. The predicted octanol–water partition coefficient (Wildman–Crippen LogP) is 4.07. The molecule has 0 saturated heterocycles.